The van der Waals surface area contributed by atoms with Gasteiger partial charge in [-0.15, -0.1) is 0 Å². The van der Waals surface area contributed by atoms with Crippen molar-refractivity contribution in [3.05, 3.63) is 48.0 Å². The summed E-state index contributed by atoms with van der Waals surface area (Å²) in [5, 5.41) is 0. The van der Waals surface area contributed by atoms with E-state index in [1.54, 1.807) is 89.0 Å². The summed E-state index contributed by atoms with van der Waals surface area (Å²) in [6.45, 7) is 0. The molecule has 0 N–H and O–H groups in total. The van der Waals surface area contributed by atoms with E-state index in [2.05, 4.69) is 42.5 Å². The maximum Gasteiger partial charge on any atom is -0.00969 e. The van der Waals surface area contributed by atoms with E-state index in [9.17, 15) is 0 Å². The Labute approximate surface area is 244 Å². The van der Waals surface area contributed by atoms with Crippen molar-refractivity contribution in [1.29, 1.82) is 0 Å². The van der Waals surface area contributed by atoms with Crippen LogP contribution in [-0.4, -0.2) is 0 Å². The quantitative estimate of drug-likeness (QED) is 0.314. The van der Waals surface area contributed by atoms with Crippen LogP contribution in [0.3, 0.4) is 0 Å². The highest BCUT2D eigenvalue weighted by Gasteiger charge is 2.67. The Morgan fingerprint density at radius 1 is 0.450 bits per heavy atom. The van der Waals surface area contributed by atoms with Crippen LogP contribution in [0.1, 0.15) is 108 Å². The fraction of sp³-hybridized carbons (Fsp3) is 0.800. The van der Waals surface area contributed by atoms with Gasteiger partial charge in [0.25, 0.3) is 0 Å². The molecule has 0 nitrogen and oxygen atoms in total. The summed E-state index contributed by atoms with van der Waals surface area (Å²) < 4.78 is 0. The summed E-state index contributed by atoms with van der Waals surface area (Å²) in [5.74, 6) is 17.8. The van der Waals surface area contributed by atoms with Gasteiger partial charge in [0.2, 0.25) is 0 Å². The van der Waals surface area contributed by atoms with Crippen molar-refractivity contribution in [2.75, 3.05) is 0 Å². The summed E-state index contributed by atoms with van der Waals surface area (Å²) >= 11 is 0. The van der Waals surface area contributed by atoms with Gasteiger partial charge in [-0.2, -0.15) is 0 Å². The molecule has 0 aliphatic heterocycles. The highest BCUT2D eigenvalue weighted by molar-refractivity contribution is 5.28. The molecule has 17 atom stereocenters. The van der Waals surface area contributed by atoms with Crippen LogP contribution in [0.4, 0.5) is 0 Å². The molecule has 0 heterocycles. The van der Waals surface area contributed by atoms with E-state index < -0.39 is 0 Å². The molecule has 10 rings (SSSR count). The summed E-state index contributed by atoms with van der Waals surface area (Å²) in [4.78, 5) is 0. The topological polar surface area (TPSA) is 0 Å². The minimum absolute atomic E-state index is 0.876. The van der Waals surface area contributed by atoms with Gasteiger partial charge in [0.15, 0.2) is 0 Å². The first-order chi connectivity index (χ1) is 19.9. The Kier molecular flexibility index (Phi) is 5.63. The number of fused-ring (bicyclic) bond motifs is 10. The predicted molar refractivity (Wildman–Crippen MR) is 163 cm³/mol. The lowest BCUT2D eigenvalue weighted by Gasteiger charge is -2.58. The molecule has 9 aliphatic rings. The Morgan fingerprint density at radius 2 is 1.12 bits per heavy atom. The van der Waals surface area contributed by atoms with Crippen LogP contribution >= 0.6 is 0 Å². The van der Waals surface area contributed by atoms with Gasteiger partial charge in [-0.25, -0.2) is 0 Å². The lowest BCUT2D eigenvalue weighted by molar-refractivity contribution is -0.0718. The molecular weight excluding hydrogens is 480 g/mol. The third-order valence-corrected chi connectivity index (χ3v) is 16.6. The van der Waals surface area contributed by atoms with E-state index in [0.29, 0.717) is 0 Å². The van der Waals surface area contributed by atoms with Gasteiger partial charge in [0.1, 0.15) is 0 Å². The lowest BCUT2D eigenvalue weighted by atomic mass is 9.47. The summed E-state index contributed by atoms with van der Waals surface area (Å²) in [5.41, 5.74) is 1.79. The highest BCUT2D eigenvalue weighted by Crippen LogP contribution is 2.74. The van der Waals surface area contributed by atoms with Gasteiger partial charge in [0.05, 0.1) is 0 Å². The van der Waals surface area contributed by atoms with E-state index in [0.717, 1.165) is 101 Å². The fourth-order valence-electron chi connectivity index (χ4n) is 16.0. The second-order valence-electron chi connectivity index (χ2n) is 17.2. The average molecular weight is 535 g/mol. The van der Waals surface area contributed by atoms with Crippen LogP contribution in [0.2, 0.25) is 0 Å². The van der Waals surface area contributed by atoms with Crippen LogP contribution in [0, 0.1) is 94.7 Å². The van der Waals surface area contributed by atoms with Crippen molar-refractivity contribution in [3.63, 3.8) is 0 Å². The number of allylic oxidation sites excluding steroid dienone is 2. The normalized spacial score (nSPS) is 57.1. The van der Waals surface area contributed by atoms with E-state index in [1.165, 1.54) is 12.8 Å². The Hall–Kier alpha value is -1.04. The van der Waals surface area contributed by atoms with E-state index in [1.807, 2.05) is 0 Å². The third-order valence-electron chi connectivity index (χ3n) is 16.6. The van der Waals surface area contributed by atoms with Crippen LogP contribution in [0.15, 0.2) is 42.5 Å². The van der Waals surface area contributed by atoms with Crippen molar-refractivity contribution >= 4 is 0 Å². The number of hydrogen-bond donors (Lipinski definition) is 0. The number of hydrogen-bond acceptors (Lipinski definition) is 0. The van der Waals surface area contributed by atoms with Crippen molar-refractivity contribution < 1.29 is 0 Å². The zero-order valence-corrected chi connectivity index (χ0v) is 25.0. The van der Waals surface area contributed by atoms with Gasteiger partial charge in [-0.05, 0) is 170 Å². The minimum atomic E-state index is 0.876. The number of benzene rings is 1. The molecule has 1 aromatic carbocycles. The van der Waals surface area contributed by atoms with Crippen LogP contribution in [0.5, 0.6) is 0 Å². The minimum Gasteiger partial charge on any atom is -0.0882 e. The molecule has 214 valence electrons. The molecule has 8 fully saturated rings. The zero-order valence-electron chi connectivity index (χ0n) is 25.0. The van der Waals surface area contributed by atoms with Crippen LogP contribution in [-0.2, 0) is 0 Å². The monoisotopic (exact) mass is 534 g/mol. The van der Waals surface area contributed by atoms with E-state index in [-0.39, 0.29) is 0 Å². The standard InChI is InChI=1S/C40H54/c1-2-10-23(11-3-1)37-35-22-34-27-15-7-6-14-26(27)29-17-8-18-30(38(29)34)32(35)21-36-33-20-24-12-4-5-13-25(24)28-16-9-19-31(39(28)33)40(36)37/h1-3,6,10-11,14,24-40H,4-5,7-9,12-13,15-22H2. The molecule has 0 saturated heterocycles. The molecule has 0 amide bonds. The van der Waals surface area contributed by atoms with E-state index in [4.69, 9.17) is 0 Å². The number of rotatable bonds is 1. The molecule has 0 aromatic heterocycles. The van der Waals surface area contributed by atoms with Crippen molar-refractivity contribution in [1.82, 2.24) is 0 Å². The van der Waals surface area contributed by atoms with Crippen molar-refractivity contribution in [3.8, 4) is 0 Å². The van der Waals surface area contributed by atoms with Gasteiger partial charge in [-0.1, -0.05) is 74.6 Å². The largest absolute Gasteiger partial charge is 0.0882 e. The molecule has 8 saturated carbocycles. The van der Waals surface area contributed by atoms with Gasteiger partial charge >= 0.3 is 0 Å². The van der Waals surface area contributed by atoms with Gasteiger partial charge in [0, 0.05) is 0 Å². The molecule has 0 heteroatoms. The molecule has 1 aromatic rings. The smallest absolute Gasteiger partial charge is 0.00969 e. The van der Waals surface area contributed by atoms with Crippen molar-refractivity contribution in [2.24, 2.45) is 94.7 Å². The second-order valence-corrected chi connectivity index (χ2v) is 17.2. The third kappa shape index (κ3) is 3.27. The van der Waals surface area contributed by atoms with Gasteiger partial charge < -0.3 is 0 Å². The Bertz CT molecular complexity index is 1130. The van der Waals surface area contributed by atoms with Gasteiger partial charge in [-0.3, -0.25) is 0 Å². The van der Waals surface area contributed by atoms with Crippen LogP contribution < -0.4 is 0 Å². The maximum atomic E-state index is 2.75. The SMILES string of the molecule is C1=CC2C(CC1)C1CC3C(CC4C5CC6CCCCC6C6CCCC(C65)C4C3c3ccccc3)C3CCCC2C13. The molecular formula is C40H54. The molecule has 0 bridgehead atoms. The Balaban J connectivity index is 1.09. The summed E-state index contributed by atoms with van der Waals surface area (Å²) in [7, 11) is 0. The molecule has 40 heavy (non-hydrogen) atoms. The molecule has 0 radical (unpaired) electrons. The summed E-state index contributed by atoms with van der Waals surface area (Å²) in [6.07, 6.45) is 28.9. The lowest BCUT2D eigenvalue weighted by Crippen LogP contribution is -2.51. The van der Waals surface area contributed by atoms with Crippen molar-refractivity contribution in [2.45, 2.75) is 102 Å². The van der Waals surface area contributed by atoms with Crippen LogP contribution in [0.25, 0.3) is 0 Å². The molecule has 9 aliphatic carbocycles. The zero-order chi connectivity index (χ0) is 25.9. The first-order valence-electron chi connectivity index (χ1n) is 18.6. The molecule has 17 unspecified atom stereocenters. The maximum absolute atomic E-state index is 2.75. The highest BCUT2D eigenvalue weighted by atomic mass is 14.7. The average Bonchev–Trinajstić information content (AvgIpc) is 3.51. The Morgan fingerprint density at radius 3 is 2.02 bits per heavy atom. The first kappa shape index (κ1) is 24.4. The van der Waals surface area contributed by atoms with E-state index >= 15 is 0 Å². The fourth-order valence-corrected chi connectivity index (χ4v) is 16.0. The second kappa shape index (κ2) is 9.23. The predicted octanol–water partition coefficient (Wildman–Crippen LogP) is 10.2. The summed E-state index contributed by atoms with van der Waals surface area (Å²) in [6, 6.07) is 12.4. The first-order valence-corrected chi connectivity index (χ1v) is 18.6. The molecule has 0 spiro atoms.